The average molecular weight is 318 g/mol. The van der Waals surface area contributed by atoms with Crippen molar-refractivity contribution < 1.29 is 9.13 Å². The molecule has 0 radical (unpaired) electrons. The van der Waals surface area contributed by atoms with Gasteiger partial charge in [-0.05, 0) is 49.8 Å². The highest BCUT2D eigenvalue weighted by atomic mass is 32.1. The van der Waals surface area contributed by atoms with Gasteiger partial charge in [-0.1, -0.05) is 29.8 Å². The third-order valence-electron chi connectivity index (χ3n) is 3.10. The molecule has 0 atom stereocenters. The quantitative estimate of drug-likeness (QED) is 0.649. The Balaban J connectivity index is 1.74. The van der Waals surface area contributed by atoms with E-state index in [2.05, 4.69) is 16.7 Å². The van der Waals surface area contributed by atoms with Crippen molar-refractivity contribution in [2.45, 2.75) is 13.8 Å². The van der Waals surface area contributed by atoms with Gasteiger partial charge in [0.15, 0.2) is 5.11 Å². The Morgan fingerprint density at radius 3 is 2.68 bits per heavy atom. The van der Waals surface area contributed by atoms with Gasteiger partial charge in [-0.2, -0.15) is 0 Å². The van der Waals surface area contributed by atoms with E-state index in [1.54, 1.807) is 18.2 Å². The summed E-state index contributed by atoms with van der Waals surface area (Å²) in [5.74, 6) is 0.526. The maximum Gasteiger partial charge on any atom is 0.170 e. The van der Waals surface area contributed by atoms with E-state index in [-0.39, 0.29) is 5.82 Å². The van der Waals surface area contributed by atoms with E-state index in [1.165, 1.54) is 11.6 Å². The second-order valence-electron chi connectivity index (χ2n) is 4.98. The average Bonchev–Trinajstić information content (AvgIpc) is 2.48. The molecule has 5 heteroatoms. The molecule has 0 unspecified atom stereocenters. The minimum Gasteiger partial charge on any atom is -0.491 e. The first kappa shape index (κ1) is 16.2. The number of nitrogens with one attached hydrogen (secondary N) is 2. The predicted octanol–water partition coefficient (Wildman–Crippen LogP) is 3.81. The van der Waals surface area contributed by atoms with Crippen LogP contribution in [0.2, 0.25) is 0 Å². The third-order valence-corrected chi connectivity index (χ3v) is 3.34. The molecule has 0 bridgehead atoms. The van der Waals surface area contributed by atoms with E-state index in [1.807, 2.05) is 26.0 Å². The second kappa shape index (κ2) is 7.75. The van der Waals surface area contributed by atoms with Crippen LogP contribution < -0.4 is 15.4 Å². The number of anilines is 1. The number of para-hydroxylation sites is 1. The lowest BCUT2D eigenvalue weighted by Crippen LogP contribution is -2.32. The Morgan fingerprint density at radius 1 is 1.18 bits per heavy atom. The number of benzene rings is 2. The first-order valence-electron chi connectivity index (χ1n) is 7.05. The Bertz CT molecular complexity index is 661. The van der Waals surface area contributed by atoms with E-state index in [0.29, 0.717) is 24.0 Å². The molecule has 0 fully saturated rings. The van der Waals surface area contributed by atoms with Gasteiger partial charge >= 0.3 is 0 Å². The lowest BCUT2D eigenvalue weighted by atomic mass is 10.1. The summed E-state index contributed by atoms with van der Waals surface area (Å²) in [6.45, 7) is 5.07. The van der Waals surface area contributed by atoms with Crippen LogP contribution in [0.3, 0.4) is 0 Å². The van der Waals surface area contributed by atoms with E-state index in [4.69, 9.17) is 17.0 Å². The van der Waals surface area contributed by atoms with Crippen LogP contribution in [0.5, 0.6) is 5.75 Å². The van der Waals surface area contributed by atoms with Crippen LogP contribution in [0.1, 0.15) is 11.1 Å². The zero-order valence-electron chi connectivity index (χ0n) is 12.7. The maximum atomic E-state index is 13.5. The number of thiocarbonyl (C=S) groups is 1. The van der Waals surface area contributed by atoms with Crippen LogP contribution in [0.4, 0.5) is 10.1 Å². The monoisotopic (exact) mass is 318 g/mol. The Morgan fingerprint density at radius 2 is 1.95 bits per heavy atom. The van der Waals surface area contributed by atoms with E-state index < -0.39 is 0 Å². The molecule has 0 aromatic heterocycles. The minimum atomic E-state index is -0.335. The fraction of sp³-hybridized carbons (Fsp3) is 0.235. The largest absolute Gasteiger partial charge is 0.491 e. The molecule has 2 aromatic carbocycles. The fourth-order valence-corrected chi connectivity index (χ4v) is 2.23. The fourth-order valence-electron chi connectivity index (χ4n) is 2.02. The van der Waals surface area contributed by atoms with Crippen molar-refractivity contribution in [3.8, 4) is 5.75 Å². The van der Waals surface area contributed by atoms with Crippen LogP contribution in [0.25, 0.3) is 0 Å². The molecule has 0 saturated carbocycles. The van der Waals surface area contributed by atoms with Crippen LogP contribution >= 0.6 is 12.2 Å². The van der Waals surface area contributed by atoms with E-state index >= 15 is 0 Å². The molecule has 2 N–H and O–H groups in total. The first-order valence-corrected chi connectivity index (χ1v) is 7.46. The molecule has 116 valence electrons. The van der Waals surface area contributed by atoms with Gasteiger partial charge in [-0.25, -0.2) is 4.39 Å². The number of hydrogen-bond acceptors (Lipinski definition) is 2. The summed E-state index contributed by atoms with van der Waals surface area (Å²) in [5, 5.41) is 6.18. The van der Waals surface area contributed by atoms with Gasteiger partial charge in [-0.3, -0.25) is 0 Å². The van der Waals surface area contributed by atoms with Crippen molar-refractivity contribution in [3.63, 3.8) is 0 Å². The minimum absolute atomic E-state index is 0.335. The summed E-state index contributed by atoms with van der Waals surface area (Å²) in [6.07, 6.45) is 0. The topological polar surface area (TPSA) is 33.3 Å². The van der Waals surface area contributed by atoms with Crippen LogP contribution in [-0.2, 0) is 0 Å². The second-order valence-corrected chi connectivity index (χ2v) is 5.39. The summed E-state index contributed by atoms with van der Waals surface area (Å²) < 4.78 is 19.2. The normalized spacial score (nSPS) is 10.1. The number of aryl methyl sites for hydroxylation is 2. The van der Waals surface area contributed by atoms with Crippen molar-refractivity contribution in [2.24, 2.45) is 0 Å². The van der Waals surface area contributed by atoms with Crippen LogP contribution in [0, 0.1) is 19.7 Å². The third kappa shape index (κ3) is 4.70. The summed E-state index contributed by atoms with van der Waals surface area (Å²) in [7, 11) is 0. The van der Waals surface area contributed by atoms with Gasteiger partial charge < -0.3 is 15.4 Å². The van der Waals surface area contributed by atoms with Crippen molar-refractivity contribution in [2.75, 3.05) is 18.5 Å². The maximum absolute atomic E-state index is 13.5. The molecular weight excluding hydrogens is 299 g/mol. The summed E-state index contributed by atoms with van der Waals surface area (Å²) >= 11 is 5.12. The SMILES string of the molecule is Cc1ccc(OCCNC(=S)Nc2ccccc2F)c(C)c1. The highest BCUT2D eigenvalue weighted by molar-refractivity contribution is 7.80. The molecule has 3 nitrogen and oxygen atoms in total. The van der Waals surface area contributed by atoms with Gasteiger partial charge in [0, 0.05) is 0 Å². The predicted molar refractivity (Wildman–Crippen MR) is 92.0 cm³/mol. The molecule has 0 saturated heterocycles. The smallest absolute Gasteiger partial charge is 0.170 e. The number of halogens is 1. The lowest BCUT2D eigenvalue weighted by Gasteiger charge is -2.13. The van der Waals surface area contributed by atoms with Gasteiger partial charge in [0.25, 0.3) is 0 Å². The highest BCUT2D eigenvalue weighted by Crippen LogP contribution is 2.18. The Hall–Kier alpha value is -2.14. The molecule has 2 aromatic rings. The molecule has 0 aliphatic carbocycles. The van der Waals surface area contributed by atoms with Crippen LogP contribution in [0.15, 0.2) is 42.5 Å². The Kier molecular flexibility index (Phi) is 5.72. The van der Waals surface area contributed by atoms with E-state index in [9.17, 15) is 4.39 Å². The molecule has 0 aliphatic heterocycles. The molecule has 2 rings (SSSR count). The number of rotatable bonds is 5. The van der Waals surface area contributed by atoms with Crippen molar-refractivity contribution in [1.29, 1.82) is 0 Å². The number of ether oxygens (including phenoxy) is 1. The summed E-state index contributed by atoms with van der Waals surface area (Å²) in [4.78, 5) is 0. The van der Waals surface area contributed by atoms with Gasteiger partial charge in [0.05, 0.1) is 12.2 Å². The van der Waals surface area contributed by atoms with Crippen molar-refractivity contribution in [1.82, 2.24) is 5.32 Å². The molecular formula is C17H19FN2OS. The van der Waals surface area contributed by atoms with Crippen LogP contribution in [-0.4, -0.2) is 18.3 Å². The lowest BCUT2D eigenvalue weighted by molar-refractivity contribution is 0.320. The highest BCUT2D eigenvalue weighted by Gasteiger charge is 2.03. The standard InChI is InChI=1S/C17H19FN2OS/c1-12-7-8-16(13(2)11-12)21-10-9-19-17(22)20-15-6-4-3-5-14(15)18/h3-8,11H,9-10H2,1-2H3,(H2,19,20,22). The Labute approximate surface area is 135 Å². The van der Waals surface area contributed by atoms with Gasteiger partial charge in [0.2, 0.25) is 0 Å². The van der Waals surface area contributed by atoms with E-state index in [0.717, 1.165) is 11.3 Å². The summed E-state index contributed by atoms with van der Waals surface area (Å²) in [6, 6.07) is 12.4. The van der Waals surface area contributed by atoms with Crippen molar-refractivity contribution in [3.05, 3.63) is 59.4 Å². The zero-order chi connectivity index (χ0) is 15.9. The molecule has 0 amide bonds. The number of hydrogen-bond donors (Lipinski definition) is 2. The molecule has 22 heavy (non-hydrogen) atoms. The van der Waals surface area contributed by atoms with Crippen molar-refractivity contribution >= 4 is 23.0 Å². The van der Waals surface area contributed by atoms with Gasteiger partial charge in [0.1, 0.15) is 18.2 Å². The molecule has 0 spiro atoms. The summed E-state index contributed by atoms with van der Waals surface area (Å²) in [5.41, 5.74) is 2.67. The first-order chi connectivity index (χ1) is 10.6. The molecule has 0 aliphatic rings. The van der Waals surface area contributed by atoms with Gasteiger partial charge in [-0.15, -0.1) is 0 Å². The zero-order valence-corrected chi connectivity index (χ0v) is 13.5. The molecule has 0 heterocycles.